The molecule has 0 aromatic rings. The normalized spacial score (nSPS) is 11.4. The van der Waals surface area contributed by atoms with Gasteiger partial charge in [-0.1, -0.05) is 212 Å². The number of carbonyl (C=O) groups is 2. The van der Waals surface area contributed by atoms with Crippen LogP contribution in [0.15, 0.2) is 0 Å². The first-order valence-electron chi connectivity index (χ1n) is 22.7. The van der Waals surface area contributed by atoms with Gasteiger partial charge < -0.3 is 15.2 Å². The highest BCUT2D eigenvalue weighted by molar-refractivity contribution is 5.75. The summed E-state index contributed by atoms with van der Waals surface area (Å²) in [5, 5.41) is 11.7. The minimum atomic E-state index is -0.680. The summed E-state index contributed by atoms with van der Waals surface area (Å²) in [6.45, 7) is 5.00. The fourth-order valence-corrected chi connectivity index (χ4v) is 7.07. The van der Waals surface area contributed by atoms with Gasteiger partial charge in [0.1, 0.15) is 0 Å². The molecule has 0 fully saturated rings. The number of ether oxygens (including phenoxy) is 1. The van der Waals surface area contributed by atoms with Crippen molar-refractivity contribution < 1.29 is 19.4 Å². The molecule has 5 heteroatoms. The molecule has 0 aliphatic rings. The van der Waals surface area contributed by atoms with E-state index in [0.29, 0.717) is 12.8 Å². The Hall–Kier alpha value is -1.10. The largest absolute Gasteiger partial charge is 0.481 e. The Morgan fingerprint density at radius 1 is 0.380 bits per heavy atom. The van der Waals surface area contributed by atoms with Crippen LogP contribution in [0.2, 0.25) is 0 Å². The summed E-state index contributed by atoms with van der Waals surface area (Å²) >= 11 is 0. The molecule has 0 saturated heterocycles. The number of carboxylic acids is 1. The first kappa shape index (κ1) is 48.9. The molecule has 0 aromatic heterocycles. The average Bonchev–Trinajstić information content (AvgIpc) is 3.11. The third kappa shape index (κ3) is 44.9. The van der Waals surface area contributed by atoms with Crippen LogP contribution in [-0.4, -0.2) is 36.7 Å². The topological polar surface area (TPSA) is 75.6 Å². The van der Waals surface area contributed by atoms with Gasteiger partial charge in [0.15, 0.2) is 0 Å². The molecule has 0 rings (SSSR count). The second-order valence-electron chi connectivity index (χ2n) is 15.6. The summed E-state index contributed by atoms with van der Waals surface area (Å²) in [6.07, 6.45) is 49.6. The van der Waals surface area contributed by atoms with E-state index < -0.39 is 5.97 Å². The van der Waals surface area contributed by atoms with E-state index in [9.17, 15) is 9.59 Å². The fraction of sp³-hybridized carbons (Fsp3) is 0.956. The molecule has 0 unspecified atom stereocenters. The molecular weight excluding hydrogens is 618 g/mol. The fourth-order valence-electron chi connectivity index (χ4n) is 7.07. The number of nitrogens with one attached hydrogen (secondary N) is 1. The van der Waals surface area contributed by atoms with Crippen molar-refractivity contribution >= 4 is 11.9 Å². The molecule has 5 nitrogen and oxygen atoms in total. The minimum absolute atomic E-state index is 0.224. The first-order valence-corrected chi connectivity index (χ1v) is 22.7. The lowest BCUT2D eigenvalue weighted by atomic mass is 10.0. The van der Waals surface area contributed by atoms with E-state index in [0.717, 1.165) is 51.9 Å². The van der Waals surface area contributed by atoms with Gasteiger partial charge in [0.05, 0.1) is 0 Å². The van der Waals surface area contributed by atoms with Crippen LogP contribution in [0.3, 0.4) is 0 Å². The van der Waals surface area contributed by atoms with Gasteiger partial charge in [0, 0.05) is 32.6 Å². The van der Waals surface area contributed by atoms with Gasteiger partial charge in [-0.25, -0.2) is 0 Å². The van der Waals surface area contributed by atoms with Crippen LogP contribution in [0.1, 0.15) is 257 Å². The number of hydrogen-bond donors (Lipinski definition) is 2. The number of hydrogen-bond acceptors (Lipinski definition) is 3. The van der Waals surface area contributed by atoms with Crippen molar-refractivity contribution in [1.82, 2.24) is 5.32 Å². The third-order valence-corrected chi connectivity index (χ3v) is 10.5. The molecule has 0 heterocycles. The van der Waals surface area contributed by atoms with E-state index in [1.807, 2.05) is 0 Å². The zero-order valence-electron chi connectivity index (χ0n) is 33.9. The summed E-state index contributed by atoms with van der Waals surface area (Å²) in [4.78, 5) is 22.5. The summed E-state index contributed by atoms with van der Waals surface area (Å²) in [7, 11) is 0. The van der Waals surface area contributed by atoms with Crippen LogP contribution < -0.4 is 5.32 Å². The van der Waals surface area contributed by atoms with Gasteiger partial charge in [-0.3, -0.25) is 9.59 Å². The zero-order valence-corrected chi connectivity index (χ0v) is 33.9. The molecule has 2 N–H and O–H groups in total. The predicted molar refractivity (Wildman–Crippen MR) is 217 cm³/mol. The van der Waals surface area contributed by atoms with Crippen LogP contribution in [-0.2, 0) is 14.3 Å². The van der Waals surface area contributed by atoms with Crippen LogP contribution in [0.25, 0.3) is 0 Å². The second-order valence-corrected chi connectivity index (χ2v) is 15.6. The molecule has 0 spiro atoms. The first-order chi connectivity index (χ1) is 24.7. The van der Waals surface area contributed by atoms with Crippen LogP contribution in [0.4, 0.5) is 0 Å². The van der Waals surface area contributed by atoms with E-state index in [1.54, 1.807) is 0 Å². The predicted octanol–water partition coefficient (Wildman–Crippen LogP) is 14.4. The van der Waals surface area contributed by atoms with E-state index in [1.165, 1.54) is 205 Å². The maximum absolute atomic E-state index is 12.0. The smallest absolute Gasteiger partial charge is 0.303 e. The number of carbonyl (C=O) groups excluding carboxylic acids is 1. The van der Waals surface area contributed by atoms with Gasteiger partial charge in [-0.05, 0) is 32.1 Å². The summed E-state index contributed by atoms with van der Waals surface area (Å²) in [5.41, 5.74) is 0. The Labute approximate surface area is 313 Å². The number of rotatable bonds is 44. The number of carboxylic acid groups (broad SMARTS) is 1. The Bertz CT molecular complexity index is 669. The third-order valence-electron chi connectivity index (χ3n) is 10.5. The molecule has 0 atom stereocenters. The van der Waals surface area contributed by atoms with Gasteiger partial charge in [-0.15, -0.1) is 0 Å². The van der Waals surface area contributed by atoms with Crippen molar-refractivity contribution in [2.24, 2.45) is 0 Å². The second kappa shape index (κ2) is 44.1. The minimum Gasteiger partial charge on any atom is -0.481 e. The molecule has 0 bridgehead atoms. The lowest BCUT2D eigenvalue weighted by Gasteiger charge is -2.06. The molecule has 0 saturated carbocycles. The molecule has 1 amide bonds. The summed E-state index contributed by atoms with van der Waals surface area (Å²) in [5.74, 6) is -0.456. The lowest BCUT2D eigenvalue weighted by molar-refractivity contribution is -0.137. The van der Waals surface area contributed by atoms with E-state index in [4.69, 9.17) is 9.84 Å². The van der Waals surface area contributed by atoms with Crippen LogP contribution in [0.5, 0.6) is 0 Å². The van der Waals surface area contributed by atoms with Gasteiger partial charge in [0.25, 0.3) is 0 Å². The Morgan fingerprint density at radius 3 is 1.00 bits per heavy atom. The van der Waals surface area contributed by atoms with Crippen molar-refractivity contribution in [2.75, 3.05) is 19.8 Å². The summed E-state index contributed by atoms with van der Waals surface area (Å²) < 4.78 is 5.88. The monoisotopic (exact) mass is 708 g/mol. The maximum Gasteiger partial charge on any atom is 0.303 e. The highest BCUT2D eigenvalue weighted by atomic mass is 16.5. The molecular formula is C45H89NO4. The zero-order chi connectivity index (χ0) is 36.3. The quantitative estimate of drug-likeness (QED) is 0.0618. The molecule has 50 heavy (non-hydrogen) atoms. The van der Waals surface area contributed by atoms with E-state index in [-0.39, 0.29) is 5.91 Å². The van der Waals surface area contributed by atoms with E-state index >= 15 is 0 Å². The van der Waals surface area contributed by atoms with Crippen molar-refractivity contribution in [3.63, 3.8) is 0 Å². The van der Waals surface area contributed by atoms with Gasteiger partial charge in [-0.2, -0.15) is 0 Å². The van der Waals surface area contributed by atoms with Crippen molar-refractivity contribution in [2.45, 2.75) is 257 Å². The van der Waals surface area contributed by atoms with Gasteiger partial charge >= 0.3 is 5.97 Å². The molecule has 0 aromatic carbocycles. The van der Waals surface area contributed by atoms with Crippen molar-refractivity contribution in [1.29, 1.82) is 0 Å². The Kier molecular flexibility index (Phi) is 43.1. The highest BCUT2D eigenvalue weighted by Crippen LogP contribution is 2.16. The Morgan fingerprint density at radius 2 is 0.660 bits per heavy atom. The molecule has 0 radical (unpaired) electrons. The van der Waals surface area contributed by atoms with E-state index in [2.05, 4.69) is 12.2 Å². The SMILES string of the molecule is CCCCCCCCCCCCCCCCCCCCCCOCCCCCCCCCCC(=O)NCCCCCCCCCCCC(=O)O. The summed E-state index contributed by atoms with van der Waals surface area (Å²) in [6, 6.07) is 0. The molecule has 0 aliphatic heterocycles. The highest BCUT2D eigenvalue weighted by Gasteiger charge is 2.02. The van der Waals surface area contributed by atoms with Crippen LogP contribution in [0, 0.1) is 0 Å². The lowest BCUT2D eigenvalue weighted by Crippen LogP contribution is -2.23. The van der Waals surface area contributed by atoms with Crippen molar-refractivity contribution in [3.05, 3.63) is 0 Å². The number of amides is 1. The van der Waals surface area contributed by atoms with Gasteiger partial charge in [0.2, 0.25) is 5.91 Å². The maximum atomic E-state index is 12.0. The molecule has 0 aliphatic carbocycles. The molecule has 298 valence electrons. The standard InChI is InChI=1S/C45H89NO4/c1-2-3-4-5-6-7-8-9-10-11-12-13-14-15-16-17-22-27-32-37-42-50-43-38-33-28-23-20-24-29-34-39-44(47)46-41-36-31-26-21-18-19-25-30-35-40-45(48)49/h2-43H2,1H3,(H,46,47)(H,48,49). The van der Waals surface area contributed by atoms with Crippen molar-refractivity contribution in [3.8, 4) is 0 Å². The van der Waals surface area contributed by atoms with Crippen LogP contribution >= 0.6 is 0 Å². The average molecular weight is 708 g/mol. The Balaban J connectivity index is 3.13. The number of unbranched alkanes of at least 4 members (excludes halogenated alkanes) is 34. The number of aliphatic carboxylic acids is 1.